The van der Waals surface area contributed by atoms with Gasteiger partial charge in [-0.05, 0) is 42.9 Å². The number of rotatable bonds is 9. The van der Waals surface area contributed by atoms with Gasteiger partial charge in [-0.25, -0.2) is 0 Å². The molecule has 0 atom stereocenters. The zero-order chi connectivity index (χ0) is 18.9. The number of ether oxygens (including phenoxy) is 1. The molecule has 0 spiro atoms. The molecule has 1 saturated heterocycles. The Kier molecular flexibility index (Phi) is 7.33. The van der Waals surface area contributed by atoms with Crippen molar-refractivity contribution in [3.8, 4) is 0 Å². The first-order chi connectivity index (χ1) is 13.2. The van der Waals surface area contributed by atoms with Gasteiger partial charge >= 0.3 is 0 Å². The smallest absolute Gasteiger partial charge is 0.239 e. The van der Waals surface area contributed by atoms with Crippen LogP contribution in [0.4, 0.5) is 5.69 Å². The van der Waals surface area contributed by atoms with Crippen LogP contribution < -0.4 is 20.9 Å². The SMILES string of the molecule is CN=C(NCCCOCC1CC1)NCc1ccc(N2CCNC(=O)C2)cc1. The highest BCUT2D eigenvalue weighted by atomic mass is 16.5. The summed E-state index contributed by atoms with van der Waals surface area (Å²) in [5.74, 6) is 1.71. The van der Waals surface area contributed by atoms with Crippen molar-refractivity contribution in [1.82, 2.24) is 16.0 Å². The molecule has 2 aliphatic rings. The molecule has 1 aromatic carbocycles. The molecule has 0 bridgehead atoms. The van der Waals surface area contributed by atoms with Gasteiger partial charge in [0.1, 0.15) is 0 Å². The summed E-state index contributed by atoms with van der Waals surface area (Å²) in [6.07, 6.45) is 3.65. The predicted molar refractivity (Wildman–Crippen MR) is 108 cm³/mol. The average Bonchev–Trinajstić information content (AvgIpc) is 3.52. The van der Waals surface area contributed by atoms with Gasteiger partial charge in [-0.2, -0.15) is 0 Å². The van der Waals surface area contributed by atoms with Crippen molar-refractivity contribution >= 4 is 17.6 Å². The van der Waals surface area contributed by atoms with E-state index in [1.807, 2.05) is 0 Å². The molecule has 1 aliphatic heterocycles. The zero-order valence-electron chi connectivity index (χ0n) is 16.2. The molecular weight excluding hydrogens is 342 g/mol. The van der Waals surface area contributed by atoms with Gasteiger partial charge < -0.3 is 25.6 Å². The van der Waals surface area contributed by atoms with Gasteiger partial charge in [0.15, 0.2) is 5.96 Å². The minimum atomic E-state index is 0.0832. The number of benzene rings is 1. The van der Waals surface area contributed by atoms with Gasteiger partial charge in [0.25, 0.3) is 0 Å². The summed E-state index contributed by atoms with van der Waals surface area (Å²) in [7, 11) is 1.78. The van der Waals surface area contributed by atoms with Crippen LogP contribution in [0.1, 0.15) is 24.8 Å². The molecule has 2 fully saturated rings. The highest BCUT2D eigenvalue weighted by Crippen LogP contribution is 2.28. The van der Waals surface area contributed by atoms with E-state index in [9.17, 15) is 4.79 Å². The van der Waals surface area contributed by atoms with Crippen LogP contribution in [0.3, 0.4) is 0 Å². The fourth-order valence-corrected chi connectivity index (χ4v) is 3.01. The summed E-state index contributed by atoms with van der Waals surface area (Å²) >= 11 is 0. The third-order valence-corrected chi connectivity index (χ3v) is 4.83. The van der Waals surface area contributed by atoms with Crippen molar-refractivity contribution in [2.45, 2.75) is 25.8 Å². The molecule has 3 rings (SSSR count). The first-order valence-electron chi connectivity index (χ1n) is 9.87. The Morgan fingerprint density at radius 3 is 2.81 bits per heavy atom. The van der Waals surface area contributed by atoms with Crippen LogP contribution in [0.2, 0.25) is 0 Å². The molecule has 1 aliphatic carbocycles. The Morgan fingerprint density at radius 2 is 2.11 bits per heavy atom. The van der Waals surface area contributed by atoms with Crippen molar-refractivity contribution in [2.24, 2.45) is 10.9 Å². The molecule has 0 unspecified atom stereocenters. The topological polar surface area (TPSA) is 78.0 Å². The van der Waals surface area contributed by atoms with Crippen molar-refractivity contribution in [3.05, 3.63) is 29.8 Å². The third-order valence-electron chi connectivity index (χ3n) is 4.83. The maximum Gasteiger partial charge on any atom is 0.239 e. The molecule has 3 N–H and O–H groups in total. The molecule has 1 heterocycles. The second-order valence-electron chi connectivity index (χ2n) is 7.16. The quantitative estimate of drug-likeness (QED) is 0.343. The van der Waals surface area contributed by atoms with Gasteiger partial charge in [0.05, 0.1) is 6.54 Å². The number of nitrogens with zero attached hydrogens (tertiary/aromatic N) is 2. The Bertz CT molecular complexity index is 628. The summed E-state index contributed by atoms with van der Waals surface area (Å²) in [4.78, 5) is 17.9. The summed E-state index contributed by atoms with van der Waals surface area (Å²) in [6, 6.07) is 8.33. The number of guanidine groups is 1. The second kappa shape index (κ2) is 10.2. The van der Waals surface area contributed by atoms with E-state index in [0.717, 1.165) is 50.3 Å². The van der Waals surface area contributed by atoms with Crippen molar-refractivity contribution in [1.29, 1.82) is 0 Å². The lowest BCUT2D eigenvalue weighted by Gasteiger charge is -2.28. The van der Waals surface area contributed by atoms with Crippen LogP contribution in [-0.2, 0) is 16.1 Å². The largest absolute Gasteiger partial charge is 0.381 e. The van der Waals surface area contributed by atoms with E-state index in [1.54, 1.807) is 7.05 Å². The van der Waals surface area contributed by atoms with Crippen LogP contribution >= 0.6 is 0 Å². The molecule has 148 valence electrons. The van der Waals surface area contributed by atoms with E-state index in [1.165, 1.54) is 18.4 Å². The molecular formula is C20H31N5O2. The molecule has 27 heavy (non-hydrogen) atoms. The van der Waals surface area contributed by atoms with Crippen LogP contribution in [0, 0.1) is 5.92 Å². The molecule has 1 saturated carbocycles. The number of hydrogen-bond donors (Lipinski definition) is 3. The predicted octanol–water partition coefficient (Wildman–Crippen LogP) is 1.10. The summed E-state index contributed by atoms with van der Waals surface area (Å²) < 4.78 is 5.64. The van der Waals surface area contributed by atoms with Crippen molar-refractivity contribution in [3.63, 3.8) is 0 Å². The minimum absolute atomic E-state index is 0.0832. The second-order valence-corrected chi connectivity index (χ2v) is 7.16. The van der Waals surface area contributed by atoms with E-state index < -0.39 is 0 Å². The number of anilines is 1. The highest BCUT2D eigenvalue weighted by molar-refractivity contribution is 5.82. The third kappa shape index (κ3) is 6.75. The Hall–Kier alpha value is -2.28. The lowest BCUT2D eigenvalue weighted by atomic mass is 10.2. The summed E-state index contributed by atoms with van der Waals surface area (Å²) in [5, 5.41) is 9.50. The maximum absolute atomic E-state index is 11.5. The zero-order valence-corrected chi connectivity index (χ0v) is 16.2. The van der Waals surface area contributed by atoms with Gasteiger partial charge in [-0.3, -0.25) is 9.79 Å². The van der Waals surface area contributed by atoms with Crippen molar-refractivity contribution < 1.29 is 9.53 Å². The summed E-state index contributed by atoms with van der Waals surface area (Å²) in [6.45, 7) is 5.26. The fourth-order valence-electron chi connectivity index (χ4n) is 3.01. The van der Waals surface area contributed by atoms with E-state index >= 15 is 0 Å². The Balaban J connectivity index is 1.34. The first-order valence-corrected chi connectivity index (χ1v) is 9.87. The lowest BCUT2D eigenvalue weighted by molar-refractivity contribution is -0.120. The van der Waals surface area contributed by atoms with Crippen LogP contribution in [-0.4, -0.2) is 58.3 Å². The van der Waals surface area contributed by atoms with E-state index in [4.69, 9.17) is 4.74 Å². The average molecular weight is 374 g/mol. The van der Waals surface area contributed by atoms with Gasteiger partial charge in [0.2, 0.25) is 5.91 Å². The number of amides is 1. The number of piperazine rings is 1. The monoisotopic (exact) mass is 373 g/mol. The van der Waals surface area contributed by atoms with Crippen LogP contribution in [0.5, 0.6) is 0 Å². The first kappa shape index (κ1) is 19.5. The van der Waals surface area contributed by atoms with E-state index in [0.29, 0.717) is 19.6 Å². The Labute approximate surface area is 161 Å². The number of hydrogen-bond acceptors (Lipinski definition) is 4. The standard InChI is InChI=1S/C20H31N5O2/c1-21-20(23-9-2-12-27-15-17-3-4-17)24-13-16-5-7-18(8-6-16)25-11-10-22-19(26)14-25/h5-8,17H,2-4,9-15H2,1H3,(H,22,26)(H2,21,23,24). The normalized spacial score (nSPS) is 17.6. The lowest BCUT2D eigenvalue weighted by Crippen LogP contribution is -2.47. The number of carbonyl (C=O) groups is 1. The molecule has 1 aromatic rings. The molecule has 0 radical (unpaired) electrons. The van der Waals surface area contributed by atoms with E-state index in [-0.39, 0.29) is 5.91 Å². The molecule has 1 amide bonds. The molecule has 7 nitrogen and oxygen atoms in total. The fraction of sp³-hybridized carbons (Fsp3) is 0.600. The van der Waals surface area contributed by atoms with E-state index in [2.05, 4.69) is 50.1 Å². The minimum Gasteiger partial charge on any atom is -0.381 e. The summed E-state index contributed by atoms with van der Waals surface area (Å²) in [5.41, 5.74) is 2.26. The molecule has 0 aromatic heterocycles. The van der Waals surface area contributed by atoms with Gasteiger partial charge in [-0.1, -0.05) is 12.1 Å². The molecule has 7 heteroatoms. The highest BCUT2D eigenvalue weighted by Gasteiger charge is 2.20. The number of nitrogens with one attached hydrogen (secondary N) is 3. The van der Waals surface area contributed by atoms with Crippen molar-refractivity contribution in [2.75, 3.05) is 51.3 Å². The van der Waals surface area contributed by atoms with Gasteiger partial charge in [0, 0.05) is 52.1 Å². The van der Waals surface area contributed by atoms with Crippen LogP contribution in [0.25, 0.3) is 0 Å². The maximum atomic E-state index is 11.5. The number of aliphatic imine (C=N–C) groups is 1. The Morgan fingerprint density at radius 1 is 1.30 bits per heavy atom. The van der Waals surface area contributed by atoms with Crippen LogP contribution in [0.15, 0.2) is 29.3 Å². The van der Waals surface area contributed by atoms with Gasteiger partial charge in [-0.15, -0.1) is 0 Å². The number of carbonyl (C=O) groups excluding carboxylic acids is 1.